The Morgan fingerprint density at radius 3 is 1.30 bits per heavy atom. The van der Waals surface area contributed by atoms with Crippen LogP contribution in [0.1, 0.15) is 22.3 Å². The van der Waals surface area contributed by atoms with Gasteiger partial charge in [0.05, 0.1) is 28.4 Å². The lowest BCUT2D eigenvalue weighted by atomic mass is 9.59. The van der Waals surface area contributed by atoms with Crippen molar-refractivity contribution in [3.05, 3.63) is 172 Å². The van der Waals surface area contributed by atoms with Crippen LogP contribution in [0, 0.1) is 17.7 Å². The van der Waals surface area contributed by atoms with Gasteiger partial charge in [-0.15, -0.1) is 0 Å². The number of fused-ring (bicyclic) bond motifs is 5. The summed E-state index contributed by atoms with van der Waals surface area (Å²) < 4.78 is 14.0. The summed E-state index contributed by atoms with van der Waals surface area (Å²) in [6.07, 6.45) is 0. The first kappa shape index (κ1) is 28.6. The summed E-state index contributed by atoms with van der Waals surface area (Å²) in [4.78, 5) is 46.8. The van der Waals surface area contributed by atoms with E-state index in [2.05, 4.69) is 0 Å². The Morgan fingerprint density at radius 1 is 0.522 bits per heavy atom. The van der Waals surface area contributed by atoms with Gasteiger partial charge in [-0.3, -0.25) is 14.4 Å². The summed E-state index contributed by atoms with van der Waals surface area (Å²) in [6.45, 7) is 0. The monoisotopic (exact) mass is 643 g/mol. The Hall–Kier alpha value is -4.84. The molecule has 5 aromatic carbocycles. The molecule has 46 heavy (non-hydrogen) atoms. The van der Waals surface area contributed by atoms with Crippen LogP contribution in [0.4, 0.5) is 10.1 Å². The summed E-state index contributed by atoms with van der Waals surface area (Å²) in [7, 11) is 0. The molecule has 4 nitrogen and oxygen atoms in total. The van der Waals surface area contributed by atoms with Crippen molar-refractivity contribution in [1.29, 1.82) is 0 Å². The van der Waals surface area contributed by atoms with E-state index in [1.54, 1.807) is 48.5 Å². The normalized spacial score (nSPS) is 25.0. The van der Waals surface area contributed by atoms with Crippen LogP contribution in [0.5, 0.6) is 0 Å². The average molecular weight is 645 g/mol. The molecule has 2 fully saturated rings. The highest BCUT2D eigenvalue weighted by Crippen LogP contribution is 2.74. The minimum Gasteiger partial charge on any atom is -0.297 e. The van der Waals surface area contributed by atoms with Crippen LogP contribution in [-0.4, -0.2) is 17.6 Å². The van der Waals surface area contributed by atoms with Crippen molar-refractivity contribution in [1.82, 2.24) is 0 Å². The topological polar surface area (TPSA) is 54.5 Å². The minimum atomic E-state index is -1.57. The third-order valence-electron chi connectivity index (χ3n) is 9.80. The molecule has 0 spiro atoms. The van der Waals surface area contributed by atoms with Gasteiger partial charge in [0.1, 0.15) is 5.82 Å². The summed E-state index contributed by atoms with van der Waals surface area (Å²) in [6, 6.07) is 38.4. The van der Waals surface area contributed by atoms with Crippen molar-refractivity contribution in [3.8, 4) is 0 Å². The van der Waals surface area contributed by atoms with Crippen molar-refractivity contribution >= 4 is 57.6 Å². The van der Waals surface area contributed by atoms with Crippen LogP contribution >= 0.6 is 23.2 Å². The van der Waals surface area contributed by atoms with Crippen LogP contribution in [0.15, 0.2) is 133 Å². The fraction of sp³-hybridized carbons (Fsp3) is 0.103. The number of carbonyl (C=O) groups excluding carboxylic acids is 3. The van der Waals surface area contributed by atoms with Crippen molar-refractivity contribution < 1.29 is 18.8 Å². The lowest BCUT2D eigenvalue weighted by molar-refractivity contribution is -0.130. The smallest absolute Gasteiger partial charge is 0.239 e. The number of Topliss-reactive ketones (excluding diaryl/α,β-unsaturated/α-hetero) is 1. The van der Waals surface area contributed by atoms with Crippen molar-refractivity contribution in [2.45, 2.75) is 10.8 Å². The number of nitrogens with zero attached hydrogens (tertiary/aromatic N) is 1. The van der Waals surface area contributed by atoms with Gasteiger partial charge in [-0.1, -0.05) is 108 Å². The molecule has 0 unspecified atom stereocenters. The second-order valence-corrected chi connectivity index (χ2v) is 12.8. The summed E-state index contributed by atoms with van der Waals surface area (Å²) in [5, 5.41) is 0.943. The van der Waals surface area contributed by atoms with Crippen LogP contribution in [-0.2, 0) is 25.2 Å². The maximum absolute atomic E-state index is 15.9. The van der Waals surface area contributed by atoms with Crippen LogP contribution < -0.4 is 4.90 Å². The number of allylic oxidation sites excluding steroid dienone is 2. The SMILES string of the molecule is O=C1[C@@H]2[C@H](C(=O)N1c1ccc(F)cc1)[C@]1(c3ccc(Cl)cc3)C(=O)[C@]2(c2ccc(Cl)cc2)C(c2ccccc2)=C1c1ccccc1. The number of benzene rings is 5. The predicted octanol–water partition coefficient (Wildman–Crippen LogP) is 8.32. The minimum absolute atomic E-state index is 0.248. The van der Waals surface area contributed by atoms with E-state index in [1.807, 2.05) is 60.7 Å². The lowest BCUT2D eigenvalue weighted by Gasteiger charge is -2.39. The average Bonchev–Trinajstić information content (AvgIpc) is 3.58. The number of ketones is 1. The Morgan fingerprint density at radius 2 is 0.913 bits per heavy atom. The number of halogens is 3. The molecule has 7 heteroatoms. The number of carbonyl (C=O) groups is 3. The number of anilines is 1. The fourth-order valence-electron chi connectivity index (χ4n) is 8.20. The standard InChI is InChI=1S/C39H24Cl2FNO3/c40-27-15-11-25(12-16-27)38-31(23-7-3-1-4-8-23)32(24-9-5-2-6-10-24)39(37(38)46,26-13-17-28(41)18-14-26)34-33(38)35(44)43(36(34)45)30-21-19-29(42)20-22-30/h1-22,33-34H/t33-,34+,38-,39-/m1/s1. The van der Waals surface area contributed by atoms with Crippen LogP contribution in [0.25, 0.3) is 11.1 Å². The molecule has 1 saturated carbocycles. The maximum Gasteiger partial charge on any atom is 0.239 e. The Kier molecular flexibility index (Phi) is 6.44. The van der Waals surface area contributed by atoms with Gasteiger partial charge in [0.25, 0.3) is 0 Å². The highest BCUT2D eigenvalue weighted by atomic mass is 35.5. The molecule has 3 aliphatic rings. The van der Waals surface area contributed by atoms with Gasteiger partial charge in [-0.2, -0.15) is 0 Å². The first-order valence-corrected chi connectivity index (χ1v) is 15.6. The number of imide groups is 1. The molecule has 1 aliphatic heterocycles. The number of hydrogen-bond donors (Lipinski definition) is 0. The Labute approximate surface area is 274 Å². The lowest BCUT2D eigenvalue weighted by Crippen LogP contribution is -2.45. The fourth-order valence-corrected chi connectivity index (χ4v) is 8.45. The molecular formula is C39H24Cl2FNO3. The van der Waals surface area contributed by atoms with E-state index in [9.17, 15) is 14.0 Å². The second-order valence-electron chi connectivity index (χ2n) is 11.9. The third-order valence-corrected chi connectivity index (χ3v) is 10.3. The maximum atomic E-state index is 15.9. The molecule has 0 aromatic heterocycles. The van der Waals surface area contributed by atoms with E-state index in [0.29, 0.717) is 32.3 Å². The molecule has 1 heterocycles. The summed E-state index contributed by atoms with van der Waals surface area (Å²) in [5.41, 5.74) is 1.12. The molecule has 2 bridgehead atoms. The van der Waals surface area contributed by atoms with Crippen molar-refractivity contribution in [2.24, 2.45) is 11.8 Å². The molecular weight excluding hydrogens is 620 g/mol. The molecule has 0 N–H and O–H groups in total. The third kappa shape index (κ3) is 3.64. The summed E-state index contributed by atoms with van der Waals surface area (Å²) >= 11 is 12.8. The van der Waals surface area contributed by atoms with Gasteiger partial charge < -0.3 is 0 Å². The van der Waals surface area contributed by atoms with Gasteiger partial charge >= 0.3 is 0 Å². The first-order valence-electron chi connectivity index (χ1n) is 14.9. The number of hydrogen-bond acceptors (Lipinski definition) is 3. The first-order chi connectivity index (χ1) is 22.3. The molecule has 1 saturated heterocycles. The van der Waals surface area contributed by atoms with E-state index in [1.165, 1.54) is 24.3 Å². The Bertz CT molecular complexity index is 1950. The van der Waals surface area contributed by atoms with E-state index >= 15 is 4.79 Å². The van der Waals surface area contributed by atoms with Gasteiger partial charge in [0.2, 0.25) is 11.8 Å². The zero-order valence-corrected chi connectivity index (χ0v) is 25.7. The molecule has 224 valence electrons. The largest absolute Gasteiger partial charge is 0.297 e. The molecule has 2 amide bonds. The van der Waals surface area contributed by atoms with Crippen LogP contribution in [0.2, 0.25) is 10.0 Å². The van der Waals surface area contributed by atoms with Gasteiger partial charge in [-0.05, 0) is 81.9 Å². The second kappa shape index (κ2) is 10.3. The van der Waals surface area contributed by atoms with Crippen LogP contribution in [0.3, 0.4) is 0 Å². The zero-order chi connectivity index (χ0) is 31.8. The van der Waals surface area contributed by atoms with Gasteiger partial charge in [-0.25, -0.2) is 9.29 Å². The molecule has 2 aliphatic carbocycles. The predicted molar refractivity (Wildman–Crippen MR) is 177 cm³/mol. The molecule has 4 atom stereocenters. The van der Waals surface area contributed by atoms with Gasteiger partial charge in [0.15, 0.2) is 5.78 Å². The zero-order valence-electron chi connectivity index (χ0n) is 24.2. The van der Waals surface area contributed by atoms with E-state index in [-0.39, 0.29) is 11.5 Å². The quantitative estimate of drug-likeness (QED) is 0.181. The highest BCUT2D eigenvalue weighted by Gasteiger charge is 2.82. The van der Waals surface area contributed by atoms with Gasteiger partial charge in [0, 0.05) is 10.0 Å². The molecule has 5 aromatic rings. The highest BCUT2D eigenvalue weighted by molar-refractivity contribution is 6.39. The van der Waals surface area contributed by atoms with Crippen molar-refractivity contribution in [2.75, 3.05) is 4.90 Å². The number of amides is 2. The Balaban J connectivity index is 1.56. The molecule has 8 rings (SSSR count). The summed E-state index contributed by atoms with van der Waals surface area (Å²) in [5.74, 6) is -3.97. The van der Waals surface area contributed by atoms with E-state index < -0.39 is 40.3 Å². The van der Waals surface area contributed by atoms with E-state index in [4.69, 9.17) is 23.2 Å². The van der Waals surface area contributed by atoms with E-state index in [0.717, 1.165) is 16.0 Å². The van der Waals surface area contributed by atoms with Crippen molar-refractivity contribution in [3.63, 3.8) is 0 Å². The molecule has 0 radical (unpaired) electrons. The number of rotatable bonds is 5.